The van der Waals surface area contributed by atoms with Gasteiger partial charge in [-0.1, -0.05) is 47.0 Å². The van der Waals surface area contributed by atoms with Crippen molar-refractivity contribution in [1.82, 2.24) is 10.2 Å². The molecule has 21 heavy (non-hydrogen) atoms. The predicted molar refractivity (Wildman–Crippen MR) is 83.7 cm³/mol. The second-order valence-corrected chi connectivity index (χ2v) is 6.82. The maximum absolute atomic E-state index is 10.9. The summed E-state index contributed by atoms with van der Waals surface area (Å²) in [5.41, 5.74) is 0. The summed E-state index contributed by atoms with van der Waals surface area (Å²) >= 11 is 4.44. The number of ether oxygens (including phenoxy) is 2. The SMILES string of the molecule is COC(=O)C=CCSc1nnc(SCC=CC(=O)OC)s1. The third-order valence-corrected chi connectivity index (χ3v) is 5.00. The molecule has 0 saturated heterocycles. The molecule has 0 aliphatic rings. The first-order chi connectivity index (χ1) is 10.2. The Kier molecular flexibility index (Phi) is 8.79. The van der Waals surface area contributed by atoms with Gasteiger partial charge in [-0.2, -0.15) is 0 Å². The van der Waals surface area contributed by atoms with Gasteiger partial charge >= 0.3 is 11.9 Å². The fourth-order valence-corrected chi connectivity index (χ4v) is 3.67. The first-order valence-electron chi connectivity index (χ1n) is 5.73. The zero-order chi connectivity index (χ0) is 15.5. The number of nitrogens with zero attached hydrogens (tertiary/aromatic N) is 2. The molecule has 0 saturated carbocycles. The van der Waals surface area contributed by atoms with Crippen molar-refractivity contribution in [3.05, 3.63) is 24.3 Å². The summed E-state index contributed by atoms with van der Waals surface area (Å²) in [5, 5.41) is 8.06. The number of methoxy groups -OCH3 is 2. The Balaban J connectivity index is 2.30. The van der Waals surface area contributed by atoms with Crippen molar-refractivity contribution in [1.29, 1.82) is 0 Å². The van der Waals surface area contributed by atoms with E-state index in [9.17, 15) is 9.59 Å². The van der Waals surface area contributed by atoms with Crippen molar-refractivity contribution in [2.45, 2.75) is 8.68 Å². The highest BCUT2D eigenvalue weighted by Crippen LogP contribution is 2.28. The zero-order valence-corrected chi connectivity index (χ0v) is 13.9. The summed E-state index contributed by atoms with van der Waals surface area (Å²) in [4.78, 5) is 21.7. The summed E-state index contributed by atoms with van der Waals surface area (Å²) in [6.45, 7) is 0. The molecule has 6 nitrogen and oxygen atoms in total. The molecule has 0 radical (unpaired) electrons. The van der Waals surface area contributed by atoms with Gasteiger partial charge in [0.25, 0.3) is 0 Å². The van der Waals surface area contributed by atoms with Crippen LogP contribution < -0.4 is 0 Å². The smallest absolute Gasteiger partial charge is 0.330 e. The largest absolute Gasteiger partial charge is 0.466 e. The van der Waals surface area contributed by atoms with E-state index < -0.39 is 0 Å². The molecule has 0 fully saturated rings. The van der Waals surface area contributed by atoms with Gasteiger partial charge in [-0.05, 0) is 0 Å². The molecule has 0 atom stereocenters. The molecular formula is C12H14N2O4S3. The Morgan fingerprint density at radius 3 is 1.81 bits per heavy atom. The summed E-state index contributed by atoms with van der Waals surface area (Å²) in [7, 11) is 2.67. The van der Waals surface area contributed by atoms with Crippen LogP contribution in [-0.2, 0) is 19.1 Å². The number of hydrogen-bond donors (Lipinski definition) is 0. The fourth-order valence-electron chi connectivity index (χ4n) is 0.977. The van der Waals surface area contributed by atoms with Gasteiger partial charge in [0.1, 0.15) is 0 Å². The molecule has 0 aliphatic heterocycles. The second-order valence-electron chi connectivity index (χ2n) is 3.31. The maximum Gasteiger partial charge on any atom is 0.330 e. The van der Waals surface area contributed by atoms with Gasteiger partial charge in [0, 0.05) is 23.7 Å². The Hall–Kier alpha value is -1.32. The van der Waals surface area contributed by atoms with E-state index in [2.05, 4.69) is 19.7 Å². The molecule has 1 aromatic heterocycles. The summed E-state index contributed by atoms with van der Waals surface area (Å²) in [5.74, 6) is 0.496. The van der Waals surface area contributed by atoms with Crippen molar-refractivity contribution in [3.8, 4) is 0 Å². The molecule has 114 valence electrons. The fraction of sp³-hybridized carbons (Fsp3) is 0.333. The minimum atomic E-state index is -0.374. The van der Waals surface area contributed by atoms with Gasteiger partial charge in [0.05, 0.1) is 14.2 Å². The van der Waals surface area contributed by atoms with E-state index in [1.165, 1.54) is 61.2 Å². The molecular weight excluding hydrogens is 332 g/mol. The van der Waals surface area contributed by atoms with Crippen LogP contribution >= 0.6 is 34.9 Å². The topological polar surface area (TPSA) is 78.4 Å². The molecule has 0 aliphatic carbocycles. The second kappa shape index (κ2) is 10.4. The Labute approximate surface area is 135 Å². The number of rotatable bonds is 8. The monoisotopic (exact) mass is 346 g/mol. The molecule has 0 unspecified atom stereocenters. The van der Waals surface area contributed by atoms with Crippen LogP contribution in [0.2, 0.25) is 0 Å². The molecule has 0 N–H and O–H groups in total. The van der Waals surface area contributed by atoms with Crippen LogP contribution in [0.15, 0.2) is 33.0 Å². The highest BCUT2D eigenvalue weighted by Gasteiger charge is 2.04. The normalized spacial score (nSPS) is 11.1. The van der Waals surface area contributed by atoms with E-state index in [1.54, 1.807) is 12.2 Å². The number of aromatic nitrogens is 2. The minimum absolute atomic E-state index is 0.374. The van der Waals surface area contributed by atoms with Crippen LogP contribution in [0.4, 0.5) is 0 Å². The molecule has 0 bridgehead atoms. The van der Waals surface area contributed by atoms with Crippen LogP contribution in [0.25, 0.3) is 0 Å². The lowest BCUT2D eigenvalue weighted by molar-refractivity contribution is -0.135. The van der Waals surface area contributed by atoms with E-state index >= 15 is 0 Å². The third kappa shape index (κ3) is 7.88. The van der Waals surface area contributed by atoms with Gasteiger partial charge in [-0.3, -0.25) is 0 Å². The molecule has 1 rings (SSSR count). The first kappa shape index (κ1) is 17.7. The summed E-state index contributed by atoms with van der Waals surface area (Å²) in [6.07, 6.45) is 6.18. The van der Waals surface area contributed by atoms with Crippen LogP contribution in [0, 0.1) is 0 Å². The molecule has 0 aromatic carbocycles. The molecule has 1 heterocycles. The Bertz CT molecular complexity index is 484. The number of thioether (sulfide) groups is 2. The summed E-state index contributed by atoms with van der Waals surface area (Å²) in [6, 6.07) is 0. The highest BCUT2D eigenvalue weighted by atomic mass is 32.2. The van der Waals surface area contributed by atoms with Crippen LogP contribution in [-0.4, -0.2) is 47.9 Å². The Morgan fingerprint density at radius 1 is 1.00 bits per heavy atom. The van der Waals surface area contributed by atoms with Crippen molar-refractivity contribution in [2.75, 3.05) is 25.7 Å². The first-order valence-corrected chi connectivity index (χ1v) is 8.52. The average Bonchev–Trinajstić information content (AvgIpc) is 2.95. The quantitative estimate of drug-likeness (QED) is 0.403. The van der Waals surface area contributed by atoms with Gasteiger partial charge in [0.2, 0.25) is 0 Å². The van der Waals surface area contributed by atoms with Crippen LogP contribution in [0.1, 0.15) is 0 Å². The molecule has 1 aromatic rings. The van der Waals surface area contributed by atoms with Gasteiger partial charge in [-0.15, -0.1) is 10.2 Å². The van der Waals surface area contributed by atoms with Crippen molar-refractivity contribution in [3.63, 3.8) is 0 Å². The van der Waals surface area contributed by atoms with Gasteiger partial charge < -0.3 is 9.47 Å². The predicted octanol–water partition coefficient (Wildman–Crippen LogP) is 2.18. The van der Waals surface area contributed by atoms with Crippen molar-refractivity contribution < 1.29 is 19.1 Å². The van der Waals surface area contributed by atoms with Crippen molar-refractivity contribution in [2.24, 2.45) is 0 Å². The van der Waals surface area contributed by atoms with Gasteiger partial charge in [-0.25, -0.2) is 9.59 Å². The lowest BCUT2D eigenvalue weighted by Crippen LogP contribution is -1.93. The lowest BCUT2D eigenvalue weighted by Gasteiger charge is -1.91. The molecule has 9 heteroatoms. The lowest BCUT2D eigenvalue weighted by atomic mass is 10.5. The van der Waals surface area contributed by atoms with Gasteiger partial charge in [0.15, 0.2) is 8.68 Å². The van der Waals surface area contributed by atoms with E-state index in [-0.39, 0.29) is 11.9 Å². The standard InChI is InChI=1S/C12H14N2O4S3/c1-17-9(15)5-3-7-19-11-13-14-12(21-11)20-8-4-6-10(16)18-2/h3-6H,7-8H2,1-2H3. The van der Waals surface area contributed by atoms with Crippen LogP contribution in [0.5, 0.6) is 0 Å². The summed E-state index contributed by atoms with van der Waals surface area (Å²) < 4.78 is 10.6. The number of hydrogen-bond acceptors (Lipinski definition) is 9. The maximum atomic E-state index is 10.9. The highest BCUT2D eigenvalue weighted by molar-refractivity contribution is 8.03. The van der Waals surface area contributed by atoms with Crippen LogP contribution in [0.3, 0.4) is 0 Å². The zero-order valence-electron chi connectivity index (χ0n) is 11.5. The third-order valence-electron chi connectivity index (χ3n) is 1.90. The number of carbonyl (C=O) groups excluding carboxylic acids is 2. The molecule has 0 amide bonds. The van der Waals surface area contributed by atoms with Crippen molar-refractivity contribution >= 4 is 46.8 Å². The van der Waals surface area contributed by atoms with E-state index in [4.69, 9.17) is 0 Å². The number of esters is 2. The molecule has 0 spiro atoms. The Morgan fingerprint density at radius 2 is 1.43 bits per heavy atom. The van der Waals surface area contributed by atoms with E-state index in [1.807, 2.05) is 0 Å². The van der Waals surface area contributed by atoms with E-state index in [0.29, 0.717) is 11.5 Å². The average molecular weight is 346 g/mol. The van der Waals surface area contributed by atoms with E-state index in [0.717, 1.165) is 8.68 Å². The minimum Gasteiger partial charge on any atom is -0.466 e. The number of carbonyl (C=O) groups is 2.